The topological polar surface area (TPSA) is 115 Å². The highest BCUT2D eigenvalue weighted by Gasteiger charge is 2.52. The summed E-state index contributed by atoms with van der Waals surface area (Å²) < 4.78 is 106. The standard InChI is InChI=1S/C21H17F5N6O4S/c1-9-4-13-17(18(27-9)16-11(23)5-10(22)6-12(16)24)19(28-36-13)32-8-15-21(25,26)14(7-31(15)20(32)33)29-37(34,35)30(2)3/h4-6,8,14,29H,7H2,1-3H3/t14-/m1/s1. The number of halogens is 5. The fourth-order valence-electron chi connectivity index (χ4n) is 4.13. The average molecular weight is 544 g/mol. The van der Waals surface area contributed by atoms with Crippen LogP contribution < -0.4 is 10.4 Å². The summed E-state index contributed by atoms with van der Waals surface area (Å²) in [5, 5.41) is 3.56. The van der Waals surface area contributed by atoms with Gasteiger partial charge in [-0.1, -0.05) is 5.16 Å². The van der Waals surface area contributed by atoms with E-state index in [1.807, 2.05) is 4.72 Å². The van der Waals surface area contributed by atoms with Crippen LogP contribution in [0, 0.1) is 24.4 Å². The first-order valence-electron chi connectivity index (χ1n) is 10.5. The van der Waals surface area contributed by atoms with Gasteiger partial charge in [0.25, 0.3) is 10.2 Å². The summed E-state index contributed by atoms with van der Waals surface area (Å²) >= 11 is 0. The minimum atomic E-state index is -4.25. The molecule has 0 aliphatic carbocycles. The summed E-state index contributed by atoms with van der Waals surface area (Å²) in [7, 11) is -1.94. The number of fused-ring (bicyclic) bond motifs is 2. The normalized spacial score (nSPS) is 17.2. The molecule has 1 atom stereocenters. The number of benzene rings is 1. The maximum atomic E-state index is 15.2. The number of hydrogen-bond donors (Lipinski definition) is 1. The van der Waals surface area contributed by atoms with Crippen LogP contribution in [-0.2, 0) is 22.7 Å². The van der Waals surface area contributed by atoms with Crippen LogP contribution in [0.2, 0.25) is 0 Å². The fraction of sp³-hybridized carbons (Fsp3) is 0.286. The summed E-state index contributed by atoms with van der Waals surface area (Å²) in [6, 6.07) is 0.282. The Labute approximate surface area is 205 Å². The smallest absolute Gasteiger partial charge is 0.334 e. The maximum absolute atomic E-state index is 15.2. The summed E-state index contributed by atoms with van der Waals surface area (Å²) in [5.74, 6) is -7.96. The van der Waals surface area contributed by atoms with Gasteiger partial charge < -0.3 is 4.52 Å². The molecule has 0 unspecified atom stereocenters. The van der Waals surface area contributed by atoms with Gasteiger partial charge in [0.2, 0.25) is 0 Å². The van der Waals surface area contributed by atoms with Crippen molar-refractivity contribution < 1.29 is 34.9 Å². The third-order valence-corrected chi connectivity index (χ3v) is 7.48. The Kier molecular flexibility index (Phi) is 5.54. The van der Waals surface area contributed by atoms with Crippen molar-refractivity contribution in [2.75, 3.05) is 14.1 Å². The molecular formula is C21H17F5N6O4S. The van der Waals surface area contributed by atoms with Gasteiger partial charge in [0.1, 0.15) is 29.2 Å². The molecule has 1 N–H and O–H groups in total. The Morgan fingerprint density at radius 2 is 1.81 bits per heavy atom. The number of nitrogens with zero attached hydrogens (tertiary/aromatic N) is 5. The lowest BCUT2D eigenvalue weighted by atomic mass is 10.1. The van der Waals surface area contributed by atoms with Crippen LogP contribution in [0.1, 0.15) is 11.4 Å². The Hall–Kier alpha value is -3.63. The molecule has 4 heterocycles. The zero-order valence-electron chi connectivity index (χ0n) is 19.3. The van der Waals surface area contributed by atoms with Crippen molar-refractivity contribution >= 4 is 21.2 Å². The van der Waals surface area contributed by atoms with E-state index in [0.717, 1.165) is 20.3 Å². The van der Waals surface area contributed by atoms with E-state index in [4.69, 9.17) is 4.52 Å². The van der Waals surface area contributed by atoms with Crippen LogP contribution in [0.15, 0.2) is 33.7 Å². The maximum Gasteiger partial charge on any atom is 0.334 e. The van der Waals surface area contributed by atoms with Gasteiger partial charge in [-0.05, 0) is 6.92 Å². The lowest BCUT2D eigenvalue weighted by molar-refractivity contribution is -0.0252. The number of aromatic nitrogens is 4. The lowest BCUT2D eigenvalue weighted by Crippen LogP contribution is -2.48. The van der Waals surface area contributed by atoms with Gasteiger partial charge in [-0.25, -0.2) is 22.5 Å². The van der Waals surface area contributed by atoms with E-state index in [9.17, 15) is 26.4 Å². The first-order valence-corrected chi connectivity index (χ1v) is 12.0. The van der Waals surface area contributed by atoms with E-state index in [1.54, 1.807) is 0 Å². The van der Waals surface area contributed by atoms with Gasteiger partial charge in [-0.3, -0.25) is 9.55 Å². The van der Waals surface area contributed by atoms with Crippen molar-refractivity contribution in [3.8, 4) is 17.1 Å². The third kappa shape index (κ3) is 3.82. The largest absolute Gasteiger partial charge is 0.354 e. The summed E-state index contributed by atoms with van der Waals surface area (Å²) in [6.45, 7) is 0.779. The molecule has 0 bridgehead atoms. The van der Waals surface area contributed by atoms with Crippen molar-refractivity contribution in [3.63, 3.8) is 0 Å². The molecule has 196 valence electrons. The number of aryl methyl sites for hydroxylation is 1. The molecule has 1 aromatic carbocycles. The number of pyridine rings is 1. The molecule has 0 fully saturated rings. The van der Waals surface area contributed by atoms with Crippen molar-refractivity contribution in [2.24, 2.45) is 0 Å². The fourth-order valence-corrected chi connectivity index (χ4v) is 4.92. The molecule has 1 aliphatic heterocycles. The van der Waals surface area contributed by atoms with Crippen molar-refractivity contribution in [1.29, 1.82) is 0 Å². The Balaban J connectivity index is 1.68. The third-order valence-electron chi connectivity index (χ3n) is 5.93. The monoisotopic (exact) mass is 544 g/mol. The molecular weight excluding hydrogens is 527 g/mol. The first kappa shape index (κ1) is 25.0. The predicted octanol–water partition coefficient (Wildman–Crippen LogP) is 2.44. The quantitative estimate of drug-likeness (QED) is 0.386. The van der Waals surface area contributed by atoms with E-state index in [2.05, 4.69) is 10.1 Å². The number of hydrogen-bond acceptors (Lipinski definition) is 6. The molecule has 0 amide bonds. The van der Waals surface area contributed by atoms with E-state index in [1.165, 1.54) is 13.0 Å². The van der Waals surface area contributed by atoms with Gasteiger partial charge in [0, 0.05) is 44.2 Å². The molecule has 37 heavy (non-hydrogen) atoms. The van der Waals surface area contributed by atoms with Gasteiger partial charge >= 0.3 is 11.6 Å². The van der Waals surface area contributed by atoms with Crippen molar-refractivity contribution in [2.45, 2.75) is 25.4 Å². The Morgan fingerprint density at radius 3 is 2.41 bits per heavy atom. The molecule has 0 saturated carbocycles. The van der Waals surface area contributed by atoms with Crippen molar-refractivity contribution in [1.82, 2.24) is 28.3 Å². The summed E-state index contributed by atoms with van der Waals surface area (Å²) in [6.07, 6.45) is 0.741. The molecule has 3 aromatic heterocycles. The molecule has 10 nitrogen and oxygen atoms in total. The summed E-state index contributed by atoms with van der Waals surface area (Å²) in [5.41, 5.74) is -2.81. The van der Waals surface area contributed by atoms with Gasteiger partial charge in [0.05, 0.1) is 23.2 Å². The molecule has 1 aliphatic rings. The summed E-state index contributed by atoms with van der Waals surface area (Å²) in [4.78, 5) is 17.3. The zero-order valence-corrected chi connectivity index (χ0v) is 20.1. The Morgan fingerprint density at radius 1 is 1.16 bits per heavy atom. The molecule has 0 saturated heterocycles. The number of nitrogens with one attached hydrogen (secondary N) is 1. The molecule has 0 radical (unpaired) electrons. The first-order chi connectivity index (χ1) is 17.2. The van der Waals surface area contributed by atoms with Crippen LogP contribution >= 0.6 is 0 Å². The van der Waals surface area contributed by atoms with Gasteiger partial charge in [0.15, 0.2) is 11.4 Å². The number of imidazole rings is 1. The molecule has 16 heteroatoms. The van der Waals surface area contributed by atoms with Gasteiger partial charge in [-0.15, -0.1) is 0 Å². The zero-order chi connectivity index (χ0) is 27.0. The van der Waals surface area contributed by atoms with Crippen LogP contribution in [0.25, 0.3) is 28.0 Å². The minimum absolute atomic E-state index is 0.0673. The highest BCUT2D eigenvalue weighted by Crippen LogP contribution is 2.39. The highest BCUT2D eigenvalue weighted by atomic mass is 32.2. The van der Waals surface area contributed by atoms with Crippen LogP contribution in [-0.4, -0.2) is 52.1 Å². The van der Waals surface area contributed by atoms with Crippen LogP contribution in [0.3, 0.4) is 0 Å². The lowest BCUT2D eigenvalue weighted by Gasteiger charge is -2.22. The van der Waals surface area contributed by atoms with Crippen molar-refractivity contribution in [3.05, 3.63) is 63.7 Å². The van der Waals surface area contributed by atoms with E-state index >= 15 is 8.78 Å². The number of rotatable bonds is 5. The van der Waals surface area contributed by atoms with Gasteiger partial charge in [-0.2, -0.15) is 26.2 Å². The van der Waals surface area contributed by atoms with Crippen LogP contribution in [0.4, 0.5) is 22.0 Å². The SMILES string of the molecule is Cc1cc2onc(-n3cc4n(c3=O)C[C@@H](NS(=O)(=O)N(C)C)C4(F)F)c2c(-c2c(F)cc(F)cc2F)n1. The second-order valence-corrected chi connectivity index (χ2v) is 10.5. The second-order valence-electron chi connectivity index (χ2n) is 8.59. The predicted molar refractivity (Wildman–Crippen MR) is 119 cm³/mol. The highest BCUT2D eigenvalue weighted by molar-refractivity contribution is 7.87. The molecule has 0 spiro atoms. The molecule has 4 aromatic rings. The van der Waals surface area contributed by atoms with Crippen LogP contribution in [0.5, 0.6) is 0 Å². The number of alkyl halides is 2. The minimum Gasteiger partial charge on any atom is -0.354 e. The van der Waals surface area contributed by atoms with E-state index < -0.39 is 68.9 Å². The van der Waals surface area contributed by atoms with E-state index in [-0.39, 0.29) is 22.4 Å². The van der Waals surface area contributed by atoms with E-state index in [0.29, 0.717) is 25.6 Å². The average Bonchev–Trinajstić information content (AvgIpc) is 3.40. The second kappa shape index (κ2) is 8.19. The Bertz CT molecular complexity index is 1720. The molecule has 5 rings (SSSR count).